The fraction of sp³-hybridized carbons (Fsp3) is 0.500. The van der Waals surface area contributed by atoms with E-state index in [0.29, 0.717) is 0 Å². The van der Waals surface area contributed by atoms with Crippen molar-refractivity contribution in [2.24, 2.45) is 0 Å². The third-order valence-corrected chi connectivity index (χ3v) is 2.20. The zero-order valence-corrected chi connectivity index (χ0v) is 9.29. The Morgan fingerprint density at radius 3 is 2.07 bits per heavy atom. The second kappa shape index (κ2) is 4.47. The van der Waals surface area contributed by atoms with Gasteiger partial charge in [-0.25, -0.2) is 0 Å². The van der Waals surface area contributed by atoms with Gasteiger partial charge in [0.2, 0.25) is 0 Å². The first-order chi connectivity index (χ1) is 6.54. The molecule has 0 radical (unpaired) electrons. The summed E-state index contributed by atoms with van der Waals surface area (Å²) in [5.41, 5.74) is 3.17. The minimum Gasteiger partial charge on any atom is -0.491 e. The van der Waals surface area contributed by atoms with Crippen molar-refractivity contribution in [2.75, 3.05) is 0 Å². The first-order valence-electron chi connectivity index (χ1n) is 4.92. The van der Waals surface area contributed by atoms with Crippen molar-refractivity contribution in [2.45, 2.75) is 40.4 Å². The molecule has 0 aromatic heterocycles. The fourth-order valence-corrected chi connectivity index (χ4v) is 1.54. The lowest BCUT2D eigenvalue weighted by Gasteiger charge is -2.14. The molecule has 0 saturated heterocycles. The number of aryl methyl sites for hydroxylation is 2. The molecule has 0 spiro atoms. The van der Waals surface area contributed by atoms with Crippen LogP contribution in [0.2, 0.25) is 0 Å². The molecule has 1 aromatic rings. The summed E-state index contributed by atoms with van der Waals surface area (Å²) in [4.78, 5) is 0. The van der Waals surface area contributed by atoms with Crippen LogP contribution in [-0.4, -0.2) is 11.2 Å². The van der Waals surface area contributed by atoms with Gasteiger partial charge in [-0.1, -0.05) is 0 Å². The Balaban J connectivity index is 3.01. The molecule has 2 heteroatoms. The second-order valence-corrected chi connectivity index (χ2v) is 3.86. The molecule has 78 valence electrons. The van der Waals surface area contributed by atoms with Crippen LogP contribution in [0.5, 0.6) is 5.75 Å². The third kappa shape index (κ3) is 2.48. The number of ether oxygens (including phenoxy) is 1. The summed E-state index contributed by atoms with van der Waals surface area (Å²) >= 11 is 0. The lowest BCUT2D eigenvalue weighted by Crippen LogP contribution is -2.06. The summed E-state index contributed by atoms with van der Waals surface area (Å²) in [6.45, 7) is 8.09. The molecule has 0 heterocycles. The lowest BCUT2D eigenvalue weighted by atomic mass is 10.0. The molecule has 0 saturated carbocycles. The molecule has 0 aliphatic rings. The van der Waals surface area contributed by atoms with Crippen LogP contribution in [0, 0.1) is 13.8 Å². The highest BCUT2D eigenvalue weighted by molar-refractivity contribution is 5.40. The normalized spacial score (nSPS) is 10.7. The average molecular weight is 194 g/mol. The predicted octanol–water partition coefficient (Wildman–Crippen LogP) is 2.58. The maximum Gasteiger partial charge on any atom is 0.120 e. The van der Waals surface area contributed by atoms with E-state index in [1.54, 1.807) is 0 Å². The zero-order valence-electron chi connectivity index (χ0n) is 9.29. The Bertz CT molecular complexity index is 293. The number of aliphatic hydroxyl groups is 1. The number of aliphatic hydroxyl groups excluding tert-OH is 1. The Labute approximate surface area is 85.5 Å². The van der Waals surface area contributed by atoms with Gasteiger partial charge in [-0.05, 0) is 56.5 Å². The minimum absolute atomic E-state index is 0.0969. The van der Waals surface area contributed by atoms with Crippen molar-refractivity contribution in [3.05, 3.63) is 28.8 Å². The van der Waals surface area contributed by atoms with E-state index in [2.05, 4.69) is 0 Å². The quantitative estimate of drug-likeness (QED) is 0.801. The van der Waals surface area contributed by atoms with Crippen molar-refractivity contribution in [3.63, 3.8) is 0 Å². The van der Waals surface area contributed by atoms with Gasteiger partial charge in [0.15, 0.2) is 0 Å². The summed E-state index contributed by atoms with van der Waals surface area (Å²) < 4.78 is 5.59. The fourth-order valence-electron chi connectivity index (χ4n) is 1.54. The monoisotopic (exact) mass is 194 g/mol. The first-order valence-corrected chi connectivity index (χ1v) is 4.92. The molecule has 1 N–H and O–H groups in total. The van der Waals surface area contributed by atoms with E-state index in [0.717, 1.165) is 22.4 Å². The van der Waals surface area contributed by atoms with E-state index in [1.165, 1.54) is 0 Å². The molecule has 1 rings (SSSR count). The SMILES string of the molecule is Cc1cc(OC(C)C)cc(C)c1CO. The lowest BCUT2D eigenvalue weighted by molar-refractivity contribution is 0.241. The number of hydrogen-bond donors (Lipinski definition) is 1. The maximum absolute atomic E-state index is 9.13. The topological polar surface area (TPSA) is 29.5 Å². The Morgan fingerprint density at radius 1 is 1.21 bits per heavy atom. The Hall–Kier alpha value is -1.02. The van der Waals surface area contributed by atoms with E-state index in [-0.39, 0.29) is 12.7 Å². The van der Waals surface area contributed by atoms with Crippen LogP contribution in [0.1, 0.15) is 30.5 Å². The molecule has 0 unspecified atom stereocenters. The molecular weight excluding hydrogens is 176 g/mol. The molecule has 2 nitrogen and oxygen atoms in total. The molecule has 1 aromatic carbocycles. The second-order valence-electron chi connectivity index (χ2n) is 3.86. The van der Waals surface area contributed by atoms with Gasteiger partial charge in [0.25, 0.3) is 0 Å². The zero-order chi connectivity index (χ0) is 10.7. The average Bonchev–Trinajstić information content (AvgIpc) is 2.01. The Kier molecular flexibility index (Phi) is 3.53. The van der Waals surface area contributed by atoms with Gasteiger partial charge in [-0.2, -0.15) is 0 Å². The van der Waals surface area contributed by atoms with Crippen molar-refractivity contribution < 1.29 is 9.84 Å². The predicted molar refractivity (Wildman–Crippen MR) is 57.6 cm³/mol. The van der Waals surface area contributed by atoms with Crippen LogP contribution >= 0.6 is 0 Å². The van der Waals surface area contributed by atoms with Crippen molar-refractivity contribution in [1.82, 2.24) is 0 Å². The molecule has 14 heavy (non-hydrogen) atoms. The van der Waals surface area contributed by atoms with E-state index in [9.17, 15) is 0 Å². The highest BCUT2D eigenvalue weighted by Gasteiger charge is 2.05. The molecule has 0 amide bonds. The first kappa shape index (κ1) is 11.1. The van der Waals surface area contributed by atoms with Gasteiger partial charge in [0, 0.05) is 0 Å². The van der Waals surface area contributed by atoms with Crippen molar-refractivity contribution >= 4 is 0 Å². The van der Waals surface area contributed by atoms with Gasteiger partial charge in [0.1, 0.15) is 5.75 Å². The number of rotatable bonds is 3. The highest BCUT2D eigenvalue weighted by atomic mass is 16.5. The van der Waals surface area contributed by atoms with Crippen LogP contribution in [0.25, 0.3) is 0 Å². The van der Waals surface area contributed by atoms with Crippen molar-refractivity contribution in [1.29, 1.82) is 0 Å². The minimum atomic E-state index is 0.0969. The van der Waals surface area contributed by atoms with Gasteiger partial charge < -0.3 is 9.84 Å². The molecule has 0 fully saturated rings. The van der Waals surface area contributed by atoms with Gasteiger partial charge in [-0.3, -0.25) is 0 Å². The van der Waals surface area contributed by atoms with Gasteiger partial charge in [0.05, 0.1) is 12.7 Å². The maximum atomic E-state index is 9.13. The van der Waals surface area contributed by atoms with Gasteiger partial charge >= 0.3 is 0 Å². The van der Waals surface area contributed by atoms with Crippen molar-refractivity contribution in [3.8, 4) is 5.75 Å². The Morgan fingerprint density at radius 2 is 1.71 bits per heavy atom. The summed E-state index contributed by atoms with van der Waals surface area (Å²) in [6.07, 6.45) is 0.189. The molecule has 0 bridgehead atoms. The summed E-state index contributed by atoms with van der Waals surface area (Å²) in [5, 5.41) is 9.13. The van der Waals surface area contributed by atoms with Crippen LogP contribution in [-0.2, 0) is 6.61 Å². The smallest absolute Gasteiger partial charge is 0.120 e. The summed E-state index contributed by atoms with van der Waals surface area (Å²) in [5.74, 6) is 0.882. The molecule has 0 atom stereocenters. The van der Waals surface area contributed by atoms with Crippen LogP contribution in [0.4, 0.5) is 0 Å². The highest BCUT2D eigenvalue weighted by Crippen LogP contribution is 2.22. The van der Waals surface area contributed by atoms with E-state index >= 15 is 0 Å². The standard InChI is InChI=1S/C12H18O2/c1-8(2)14-11-5-9(3)12(7-13)10(4)6-11/h5-6,8,13H,7H2,1-4H3. The molecule has 0 aliphatic carbocycles. The summed E-state index contributed by atoms with van der Waals surface area (Å²) in [6, 6.07) is 3.94. The largest absolute Gasteiger partial charge is 0.491 e. The molecular formula is C12H18O2. The number of hydrogen-bond acceptors (Lipinski definition) is 2. The summed E-state index contributed by atoms with van der Waals surface area (Å²) in [7, 11) is 0. The van der Waals surface area contributed by atoms with Crippen LogP contribution in [0.15, 0.2) is 12.1 Å². The van der Waals surface area contributed by atoms with E-state index in [1.807, 2.05) is 39.8 Å². The number of benzene rings is 1. The van der Waals surface area contributed by atoms with Crippen LogP contribution < -0.4 is 4.74 Å². The van der Waals surface area contributed by atoms with Gasteiger partial charge in [-0.15, -0.1) is 0 Å². The van der Waals surface area contributed by atoms with Crippen LogP contribution in [0.3, 0.4) is 0 Å². The van der Waals surface area contributed by atoms with E-state index in [4.69, 9.17) is 9.84 Å². The third-order valence-electron chi connectivity index (χ3n) is 2.20. The molecule has 0 aliphatic heterocycles. The van der Waals surface area contributed by atoms with E-state index < -0.39 is 0 Å².